The van der Waals surface area contributed by atoms with Gasteiger partial charge in [-0.3, -0.25) is 4.90 Å². The molecule has 2 atom stereocenters. The predicted molar refractivity (Wildman–Crippen MR) is 79.9 cm³/mol. The van der Waals surface area contributed by atoms with Gasteiger partial charge in [-0.1, -0.05) is 29.8 Å². The number of hydrogen-bond donors (Lipinski definition) is 1. The maximum absolute atomic E-state index is 8.81. The van der Waals surface area contributed by atoms with Crippen LogP contribution in [0.2, 0.25) is 5.02 Å². The number of hydrogen-bond acceptors (Lipinski definition) is 3. The summed E-state index contributed by atoms with van der Waals surface area (Å²) in [4.78, 5) is 2.25. The van der Waals surface area contributed by atoms with E-state index in [1.165, 1.54) is 0 Å². The van der Waals surface area contributed by atoms with Gasteiger partial charge in [-0.15, -0.1) is 0 Å². The highest BCUT2D eigenvalue weighted by Crippen LogP contribution is 2.31. The molecule has 4 heteroatoms. The molecule has 0 aliphatic heterocycles. The fourth-order valence-corrected chi connectivity index (χ4v) is 2.62. The minimum absolute atomic E-state index is 0.0297. The highest BCUT2D eigenvalue weighted by molar-refractivity contribution is 6.31. The molecule has 1 aromatic carbocycles. The maximum Gasteiger partial charge on any atom is 0.0635 e. The Bertz CT molecular complexity index is 437. The summed E-state index contributed by atoms with van der Waals surface area (Å²) in [6, 6.07) is 10.3. The molecule has 0 bridgehead atoms. The van der Waals surface area contributed by atoms with Crippen LogP contribution < -0.4 is 5.73 Å². The number of rotatable bonds is 6. The minimum atomic E-state index is -0.0546. The molecule has 1 rings (SSSR count). The average Bonchev–Trinajstić information content (AvgIpc) is 2.35. The minimum Gasteiger partial charge on any atom is -0.326 e. The van der Waals surface area contributed by atoms with E-state index >= 15 is 0 Å². The molecule has 0 spiro atoms. The monoisotopic (exact) mass is 279 g/mol. The van der Waals surface area contributed by atoms with Crippen LogP contribution in [0.15, 0.2) is 24.3 Å². The van der Waals surface area contributed by atoms with E-state index in [9.17, 15) is 0 Å². The summed E-state index contributed by atoms with van der Waals surface area (Å²) >= 11 is 6.30. The highest BCUT2D eigenvalue weighted by Gasteiger charge is 2.27. The number of halogens is 1. The number of nitriles is 1. The Morgan fingerprint density at radius 3 is 2.42 bits per heavy atom. The molecule has 0 fully saturated rings. The van der Waals surface area contributed by atoms with Crippen molar-refractivity contribution < 1.29 is 0 Å². The molecule has 3 nitrogen and oxygen atoms in total. The lowest BCUT2D eigenvalue weighted by molar-refractivity contribution is 0.139. The zero-order valence-corrected chi connectivity index (χ0v) is 12.6. The summed E-state index contributed by atoms with van der Waals surface area (Å²) in [5, 5.41) is 9.54. The standard InChI is InChI=1S/C15H22ClN3/c1-11(2)19(10-6-9-17)15(12(3)18)13-7-4-5-8-14(13)16/h4-5,7-8,11-12,15H,6,10,18H2,1-3H3. The lowest BCUT2D eigenvalue weighted by Crippen LogP contribution is -2.43. The summed E-state index contributed by atoms with van der Waals surface area (Å²) in [5.74, 6) is 0. The molecule has 104 valence electrons. The van der Waals surface area contributed by atoms with Crippen molar-refractivity contribution in [3.05, 3.63) is 34.9 Å². The molecule has 0 radical (unpaired) electrons. The van der Waals surface area contributed by atoms with Crippen LogP contribution in [0, 0.1) is 11.3 Å². The molecule has 2 N–H and O–H groups in total. The van der Waals surface area contributed by atoms with Crippen molar-refractivity contribution in [2.24, 2.45) is 5.73 Å². The Kier molecular flexibility index (Phi) is 6.30. The van der Waals surface area contributed by atoms with Crippen molar-refractivity contribution in [1.29, 1.82) is 5.26 Å². The van der Waals surface area contributed by atoms with Crippen LogP contribution in [0.3, 0.4) is 0 Å². The van der Waals surface area contributed by atoms with Crippen molar-refractivity contribution in [2.45, 2.75) is 45.3 Å². The quantitative estimate of drug-likeness (QED) is 0.869. The smallest absolute Gasteiger partial charge is 0.0635 e. The van der Waals surface area contributed by atoms with E-state index in [2.05, 4.69) is 24.8 Å². The summed E-state index contributed by atoms with van der Waals surface area (Å²) in [7, 11) is 0. The Labute approximate surface area is 121 Å². The third-order valence-electron chi connectivity index (χ3n) is 3.22. The lowest BCUT2D eigenvalue weighted by atomic mass is 9.97. The highest BCUT2D eigenvalue weighted by atomic mass is 35.5. The van der Waals surface area contributed by atoms with E-state index in [4.69, 9.17) is 22.6 Å². The maximum atomic E-state index is 8.81. The van der Waals surface area contributed by atoms with Gasteiger partial charge in [0.15, 0.2) is 0 Å². The molecule has 0 aliphatic rings. The van der Waals surface area contributed by atoms with Gasteiger partial charge in [-0.2, -0.15) is 5.26 Å². The van der Waals surface area contributed by atoms with Crippen molar-refractivity contribution in [3.8, 4) is 6.07 Å². The largest absolute Gasteiger partial charge is 0.326 e. The topological polar surface area (TPSA) is 53.0 Å². The molecule has 1 aromatic rings. The van der Waals surface area contributed by atoms with Crippen molar-refractivity contribution in [1.82, 2.24) is 4.90 Å². The zero-order valence-electron chi connectivity index (χ0n) is 11.8. The second-order valence-corrected chi connectivity index (χ2v) is 5.47. The average molecular weight is 280 g/mol. The predicted octanol–water partition coefficient (Wildman–Crippen LogP) is 3.35. The second kappa shape index (κ2) is 7.49. The van der Waals surface area contributed by atoms with Crippen LogP contribution in [0.4, 0.5) is 0 Å². The molecule has 2 unspecified atom stereocenters. The first-order valence-electron chi connectivity index (χ1n) is 6.61. The van der Waals surface area contributed by atoms with Crippen molar-refractivity contribution >= 4 is 11.6 Å². The van der Waals surface area contributed by atoms with Gasteiger partial charge in [0.05, 0.1) is 12.1 Å². The molecule has 0 saturated heterocycles. The van der Waals surface area contributed by atoms with Gasteiger partial charge in [0, 0.05) is 30.1 Å². The van der Waals surface area contributed by atoms with Crippen LogP contribution in [0.1, 0.15) is 38.8 Å². The molecular weight excluding hydrogens is 258 g/mol. The molecule has 0 heterocycles. The van der Waals surface area contributed by atoms with E-state index in [1.807, 2.05) is 31.2 Å². The number of nitrogens with zero attached hydrogens (tertiary/aromatic N) is 2. The third-order valence-corrected chi connectivity index (χ3v) is 3.57. The van der Waals surface area contributed by atoms with Gasteiger partial charge in [-0.05, 0) is 32.4 Å². The molecular formula is C15H22ClN3. The fourth-order valence-electron chi connectivity index (χ4n) is 2.38. The molecule has 0 amide bonds. The van der Waals surface area contributed by atoms with Gasteiger partial charge in [0.1, 0.15) is 0 Å². The van der Waals surface area contributed by atoms with E-state index in [0.717, 1.165) is 10.6 Å². The first-order chi connectivity index (χ1) is 8.99. The van der Waals surface area contributed by atoms with Gasteiger partial charge in [0.25, 0.3) is 0 Å². The Hall–Kier alpha value is -1.08. The fraction of sp³-hybridized carbons (Fsp3) is 0.533. The summed E-state index contributed by atoms with van der Waals surface area (Å²) in [5.41, 5.74) is 7.20. The number of nitrogens with two attached hydrogens (primary N) is 1. The van der Waals surface area contributed by atoms with Gasteiger partial charge < -0.3 is 5.73 Å². The van der Waals surface area contributed by atoms with E-state index < -0.39 is 0 Å². The van der Waals surface area contributed by atoms with Crippen LogP contribution in [0.25, 0.3) is 0 Å². The summed E-state index contributed by atoms with van der Waals surface area (Å²) in [6.45, 7) is 6.91. The number of benzene rings is 1. The Morgan fingerprint density at radius 2 is 1.95 bits per heavy atom. The van der Waals surface area contributed by atoms with Crippen LogP contribution >= 0.6 is 11.6 Å². The van der Waals surface area contributed by atoms with Crippen LogP contribution in [0.5, 0.6) is 0 Å². The first-order valence-corrected chi connectivity index (χ1v) is 6.99. The zero-order chi connectivity index (χ0) is 14.4. The Balaban J connectivity index is 3.11. The first kappa shape index (κ1) is 16.0. The SMILES string of the molecule is CC(N)C(c1ccccc1Cl)N(CCC#N)C(C)C. The molecule has 0 aliphatic carbocycles. The van der Waals surface area contributed by atoms with E-state index in [-0.39, 0.29) is 12.1 Å². The summed E-state index contributed by atoms with van der Waals surface area (Å²) in [6.07, 6.45) is 0.492. The third kappa shape index (κ3) is 4.21. The van der Waals surface area contributed by atoms with Crippen molar-refractivity contribution in [2.75, 3.05) is 6.54 Å². The van der Waals surface area contributed by atoms with Crippen LogP contribution in [-0.4, -0.2) is 23.5 Å². The van der Waals surface area contributed by atoms with Crippen molar-refractivity contribution in [3.63, 3.8) is 0 Å². The Morgan fingerprint density at radius 1 is 1.32 bits per heavy atom. The van der Waals surface area contributed by atoms with Gasteiger partial charge >= 0.3 is 0 Å². The molecule has 19 heavy (non-hydrogen) atoms. The molecule has 0 aromatic heterocycles. The summed E-state index contributed by atoms with van der Waals surface area (Å²) < 4.78 is 0. The van der Waals surface area contributed by atoms with E-state index in [0.29, 0.717) is 19.0 Å². The van der Waals surface area contributed by atoms with E-state index in [1.54, 1.807) is 0 Å². The van der Waals surface area contributed by atoms with Gasteiger partial charge in [-0.25, -0.2) is 0 Å². The normalized spacial score (nSPS) is 14.4. The van der Waals surface area contributed by atoms with Crippen LogP contribution in [-0.2, 0) is 0 Å². The molecule has 0 saturated carbocycles. The lowest BCUT2D eigenvalue weighted by Gasteiger charge is -2.37. The van der Waals surface area contributed by atoms with Gasteiger partial charge in [0.2, 0.25) is 0 Å². The second-order valence-electron chi connectivity index (χ2n) is 5.07.